The first-order valence-corrected chi connectivity index (χ1v) is 15.2. The Morgan fingerprint density at radius 1 is 1.11 bits per heavy atom. The monoisotopic (exact) mass is 629 g/mol. The zero-order valence-corrected chi connectivity index (χ0v) is 26.5. The largest absolute Gasteiger partial charge is 0.464 e. The first kappa shape index (κ1) is 30.4. The molecule has 1 aliphatic rings. The molecule has 1 fully saturated rings. The van der Waals surface area contributed by atoms with Gasteiger partial charge in [0.15, 0.2) is 5.65 Å². The zero-order chi connectivity index (χ0) is 32.2. The van der Waals surface area contributed by atoms with Crippen molar-refractivity contribution in [1.82, 2.24) is 29.4 Å². The van der Waals surface area contributed by atoms with E-state index < -0.39 is 11.5 Å². The Hall–Kier alpha value is -4.64. The Labute approximate surface area is 264 Å². The molecule has 0 bridgehead atoms. The van der Waals surface area contributed by atoms with E-state index in [1.165, 1.54) is 29.3 Å². The standard InChI is InChI=1S/C33H33ClFN7O3/c1-7-24(43)40-11-12-41(19(6)15-40)31-21-14-22(34)28(25-23(35)9-8-20-10-13-45-30(20)25)38-32(21)42(33(44)39-31)29-26(17(2)3)36-16-37-27(29)18(4)5/h7-10,13-14,16-19H,1,11-12,15H2,2-6H3/t19-/m0/s1. The van der Waals surface area contributed by atoms with Crippen molar-refractivity contribution in [3.8, 4) is 16.9 Å². The predicted molar refractivity (Wildman–Crippen MR) is 173 cm³/mol. The summed E-state index contributed by atoms with van der Waals surface area (Å²) < 4.78 is 22.6. The van der Waals surface area contributed by atoms with Crippen LogP contribution in [0.4, 0.5) is 10.2 Å². The average molecular weight is 630 g/mol. The van der Waals surface area contributed by atoms with Gasteiger partial charge >= 0.3 is 5.69 Å². The summed E-state index contributed by atoms with van der Waals surface area (Å²) in [6.45, 7) is 14.7. The fourth-order valence-electron chi connectivity index (χ4n) is 6.01. The number of piperazine rings is 1. The smallest absolute Gasteiger partial charge is 0.355 e. The Bertz CT molecular complexity index is 2010. The number of pyridine rings is 1. The number of amides is 1. The van der Waals surface area contributed by atoms with Crippen LogP contribution in [-0.2, 0) is 4.79 Å². The SMILES string of the molecule is C=CC(=O)N1CCN(c2nc(=O)n(-c3c(C(C)C)ncnc3C(C)C)c3nc(-c4c(F)ccc5ccoc45)c(Cl)cc23)[C@@H](C)C1. The Balaban J connectivity index is 1.69. The van der Waals surface area contributed by atoms with Gasteiger partial charge in [-0.05, 0) is 49.1 Å². The predicted octanol–water partition coefficient (Wildman–Crippen LogP) is 6.25. The molecule has 0 aliphatic carbocycles. The summed E-state index contributed by atoms with van der Waals surface area (Å²) >= 11 is 6.92. The van der Waals surface area contributed by atoms with Crippen molar-refractivity contribution >= 4 is 45.3 Å². The number of aromatic nitrogens is 5. The molecule has 1 aromatic carbocycles. The number of anilines is 1. The molecule has 0 unspecified atom stereocenters. The fraction of sp³-hybridized carbons (Fsp3) is 0.333. The molecule has 5 heterocycles. The van der Waals surface area contributed by atoms with Crippen molar-refractivity contribution in [3.63, 3.8) is 0 Å². The average Bonchev–Trinajstić information content (AvgIpc) is 3.49. The number of halogens is 2. The topological polar surface area (TPSA) is 110 Å². The minimum atomic E-state index is -0.592. The first-order chi connectivity index (χ1) is 21.5. The molecule has 6 rings (SSSR count). The number of carbonyl (C=O) groups is 1. The van der Waals surface area contributed by atoms with Crippen molar-refractivity contribution in [2.75, 3.05) is 24.5 Å². The lowest BCUT2D eigenvalue weighted by Gasteiger charge is -2.40. The third-order valence-electron chi connectivity index (χ3n) is 8.19. The van der Waals surface area contributed by atoms with Gasteiger partial charge in [0.05, 0.1) is 45.0 Å². The Morgan fingerprint density at radius 3 is 2.47 bits per heavy atom. The molecule has 45 heavy (non-hydrogen) atoms. The van der Waals surface area contributed by atoms with Crippen LogP contribution in [0.2, 0.25) is 5.02 Å². The number of benzene rings is 1. The van der Waals surface area contributed by atoms with E-state index in [1.807, 2.05) is 39.5 Å². The zero-order valence-electron chi connectivity index (χ0n) is 25.7. The quantitative estimate of drug-likeness (QED) is 0.203. The van der Waals surface area contributed by atoms with Crippen LogP contribution in [0, 0.1) is 5.82 Å². The fourth-order valence-corrected chi connectivity index (χ4v) is 6.26. The van der Waals surface area contributed by atoms with Crippen molar-refractivity contribution < 1.29 is 13.6 Å². The Kier molecular flexibility index (Phi) is 7.90. The maximum atomic E-state index is 15.6. The molecule has 4 aromatic heterocycles. The van der Waals surface area contributed by atoms with Gasteiger partial charge in [-0.1, -0.05) is 45.9 Å². The summed E-state index contributed by atoms with van der Waals surface area (Å²) in [5.41, 5.74) is 1.91. The second-order valence-corrected chi connectivity index (χ2v) is 12.2. The summed E-state index contributed by atoms with van der Waals surface area (Å²) in [6, 6.07) is 6.16. The van der Waals surface area contributed by atoms with E-state index >= 15 is 4.39 Å². The number of rotatable bonds is 6. The summed E-state index contributed by atoms with van der Waals surface area (Å²) in [7, 11) is 0. The molecule has 5 aromatic rings. The summed E-state index contributed by atoms with van der Waals surface area (Å²) in [5.74, 6) is -0.502. The summed E-state index contributed by atoms with van der Waals surface area (Å²) in [4.78, 5) is 49.0. The van der Waals surface area contributed by atoms with E-state index in [9.17, 15) is 9.59 Å². The van der Waals surface area contributed by atoms with E-state index in [-0.39, 0.29) is 51.3 Å². The van der Waals surface area contributed by atoms with Crippen LogP contribution >= 0.6 is 11.6 Å². The van der Waals surface area contributed by atoms with Gasteiger partial charge in [0.2, 0.25) is 5.91 Å². The highest BCUT2D eigenvalue weighted by atomic mass is 35.5. The molecule has 10 nitrogen and oxygen atoms in total. The van der Waals surface area contributed by atoms with Gasteiger partial charge in [-0.3, -0.25) is 4.79 Å². The second kappa shape index (κ2) is 11.7. The highest BCUT2D eigenvalue weighted by Gasteiger charge is 2.31. The van der Waals surface area contributed by atoms with E-state index in [1.54, 1.807) is 23.1 Å². The minimum Gasteiger partial charge on any atom is -0.464 e. The normalized spacial score (nSPS) is 15.5. The molecule has 1 saturated heterocycles. The second-order valence-electron chi connectivity index (χ2n) is 11.8. The molecule has 0 N–H and O–H groups in total. The molecule has 12 heteroatoms. The molecule has 1 atom stereocenters. The van der Waals surface area contributed by atoms with Crippen LogP contribution in [0.3, 0.4) is 0 Å². The van der Waals surface area contributed by atoms with Gasteiger partial charge < -0.3 is 14.2 Å². The maximum Gasteiger partial charge on any atom is 0.355 e. The number of carbonyl (C=O) groups excluding carboxylic acids is 1. The lowest BCUT2D eigenvalue weighted by molar-refractivity contribution is -0.126. The van der Waals surface area contributed by atoms with Crippen LogP contribution < -0.4 is 10.6 Å². The lowest BCUT2D eigenvalue weighted by Crippen LogP contribution is -2.54. The molecule has 232 valence electrons. The van der Waals surface area contributed by atoms with Gasteiger partial charge in [-0.25, -0.2) is 28.7 Å². The third-order valence-corrected chi connectivity index (χ3v) is 8.48. The number of furan rings is 1. The molecule has 1 aliphatic heterocycles. The van der Waals surface area contributed by atoms with Crippen LogP contribution in [0.15, 0.2) is 58.7 Å². The third kappa shape index (κ3) is 5.14. The first-order valence-electron chi connectivity index (χ1n) is 14.8. The molecular formula is C33H33ClFN7O3. The van der Waals surface area contributed by atoms with Crippen LogP contribution in [0.1, 0.15) is 57.8 Å². The van der Waals surface area contributed by atoms with Crippen molar-refractivity contribution in [2.24, 2.45) is 0 Å². The van der Waals surface area contributed by atoms with Gasteiger partial charge in [0.25, 0.3) is 0 Å². The number of fused-ring (bicyclic) bond motifs is 2. The molecule has 1 amide bonds. The molecular weight excluding hydrogens is 597 g/mol. The van der Waals surface area contributed by atoms with Crippen LogP contribution in [0.25, 0.3) is 38.9 Å². The number of hydrogen-bond donors (Lipinski definition) is 0. The summed E-state index contributed by atoms with van der Waals surface area (Å²) in [6.07, 6.45) is 4.27. The van der Waals surface area contributed by atoms with E-state index in [0.29, 0.717) is 53.3 Å². The number of nitrogens with zero attached hydrogens (tertiary/aromatic N) is 7. The van der Waals surface area contributed by atoms with E-state index in [0.717, 1.165) is 0 Å². The maximum absolute atomic E-state index is 15.6. The van der Waals surface area contributed by atoms with Crippen molar-refractivity contribution in [3.05, 3.63) is 82.2 Å². The highest BCUT2D eigenvalue weighted by molar-refractivity contribution is 6.34. The van der Waals surface area contributed by atoms with Crippen molar-refractivity contribution in [1.29, 1.82) is 0 Å². The van der Waals surface area contributed by atoms with E-state index in [2.05, 4.69) is 21.5 Å². The minimum absolute atomic E-state index is 0.0706. The van der Waals surface area contributed by atoms with E-state index in [4.69, 9.17) is 21.0 Å². The van der Waals surface area contributed by atoms with Gasteiger partial charge in [0, 0.05) is 31.1 Å². The molecule has 0 spiro atoms. The van der Waals surface area contributed by atoms with Gasteiger partial charge in [-0.15, -0.1) is 0 Å². The van der Waals surface area contributed by atoms with Crippen LogP contribution in [0.5, 0.6) is 0 Å². The Morgan fingerprint density at radius 2 is 1.82 bits per heavy atom. The van der Waals surface area contributed by atoms with Crippen LogP contribution in [-0.4, -0.2) is 61.0 Å². The van der Waals surface area contributed by atoms with Gasteiger partial charge in [-0.2, -0.15) is 4.98 Å². The lowest BCUT2D eigenvalue weighted by atomic mass is 10.0. The number of hydrogen-bond acceptors (Lipinski definition) is 8. The van der Waals surface area contributed by atoms with Gasteiger partial charge in [0.1, 0.15) is 23.5 Å². The highest BCUT2D eigenvalue weighted by Crippen LogP contribution is 2.39. The molecule has 0 saturated carbocycles. The molecule has 0 radical (unpaired) electrons. The van der Waals surface area contributed by atoms with Crippen molar-refractivity contribution in [2.45, 2.75) is 52.5 Å². The summed E-state index contributed by atoms with van der Waals surface area (Å²) in [5, 5.41) is 1.32.